The van der Waals surface area contributed by atoms with Crippen LogP contribution in [0.4, 0.5) is 10.5 Å². The maximum absolute atomic E-state index is 12.3. The molecule has 1 aromatic rings. The highest BCUT2D eigenvalue weighted by Gasteiger charge is 2.44. The second-order valence-corrected chi connectivity index (χ2v) is 7.63. The van der Waals surface area contributed by atoms with Gasteiger partial charge in [-0.2, -0.15) is 0 Å². The van der Waals surface area contributed by atoms with Crippen molar-refractivity contribution in [2.75, 3.05) is 44.2 Å². The standard InChI is InChI=1S/C20H26N4O5/c1-20(2)18(27)24(19(28)21-20)9-8-17(26)29-14-16(25)23-12-10-22(11-13-23)15-6-4-3-5-7-15/h3-7H,8-14H2,1-2H3,(H,21,28). The lowest BCUT2D eigenvalue weighted by molar-refractivity contribution is -0.152. The first kappa shape index (κ1) is 20.6. The Bertz CT molecular complexity index is 787. The zero-order valence-corrected chi connectivity index (χ0v) is 16.7. The van der Waals surface area contributed by atoms with E-state index in [2.05, 4.69) is 10.2 Å². The number of nitrogens with zero attached hydrogens (tertiary/aromatic N) is 3. The zero-order valence-electron chi connectivity index (χ0n) is 16.7. The Hall–Kier alpha value is -3.10. The Morgan fingerprint density at radius 3 is 2.31 bits per heavy atom. The van der Waals surface area contributed by atoms with Crippen molar-refractivity contribution in [1.29, 1.82) is 0 Å². The fourth-order valence-electron chi connectivity index (χ4n) is 3.38. The molecule has 0 unspecified atom stereocenters. The molecule has 0 aromatic heterocycles. The molecule has 0 radical (unpaired) electrons. The number of hydrogen-bond donors (Lipinski definition) is 1. The third kappa shape index (κ3) is 4.85. The van der Waals surface area contributed by atoms with Crippen LogP contribution < -0.4 is 10.2 Å². The van der Waals surface area contributed by atoms with E-state index >= 15 is 0 Å². The van der Waals surface area contributed by atoms with Crippen LogP contribution in [0.25, 0.3) is 0 Å². The third-order valence-electron chi connectivity index (χ3n) is 5.09. The van der Waals surface area contributed by atoms with Crippen molar-refractivity contribution >= 4 is 29.5 Å². The van der Waals surface area contributed by atoms with Gasteiger partial charge >= 0.3 is 12.0 Å². The number of hydrogen-bond acceptors (Lipinski definition) is 6. The van der Waals surface area contributed by atoms with Crippen LogP contribution in [0.3, 0.4) is 0 Å². The molecule has 2 aliphatic rings. The molecule has 2 fully saturated rings. The summed E-state index contributed by atoms with van der Waals surface area (Å²) >= 11 is 0. The summed E-state index contributed by atoms with van der Waals surface area (Å²) in [6, 6.07) is 9.46. The van der Waals surface area contributed by atoms with Crippen molar-refractivity contribution in [3.8, 4) is 0 Å². The van der Waals surface area contributed by atoms with Gasteiger partial charge < -0.3 is 19.9 Å². The molecule has 2 saturated heterocycles. The number of piperazine rings is 1. The smallest absolute Gasteiger partial charge is 0.325 e. The van der Waals surface area contributed by atoms with E-state index in [1.807, 2.05) is 30.3 Å². The summed E-state index contributed by atoms with van der Waals surface area (Å²) < 4.78 is 5.04. The van der Waals surface area contributed by atoms with Gasteiger partial charge in [0.25, 0.3) is 11.8 Å². The highest BCUT2D eigenvalue weighted by Crippen LogP contribution is 2.17. The molecule has 0 bridgehead atoms. The summed E-state index contributed by atoms with van der Waals surface area (Å²) in [5, 5.41) is 2.55. The molecule has 29 heavy (non-hydrogen) atoms. The van der Waals surface area contributed by atoms with Crippen molar-refractivity contribution in [1.82, 2.24) is 15.1 Å². The zero-order chi connectivity index (χ0) is 21.0. The number of carbonyl (C=O) groups excluding carboxylic acids is 4. The number of ether oxygens (including phenoxy) is 1. The van der Waals surface area contributed by atoms with Crippen LogP contribution in [0.15, 0.2) is 30.3 Å². The molecular formula is C20H26N4O5. The summed E-state index contributed by atoms with van der Waals surface area (Å²) in [4.78, 5) is 53.0. The Balaban J connectivity index is 1.38. The fraction of sp³-hybridized carbons (Fsp3) is 0.500. The van der Waals surface area contributed by atoms with Crippen molar-refractivity contribution in [3.05, 3.63) is 30.3 Å². The van der Waals surface area contributed by atoms with Gasteiger partial charge in [0.15, 0.2) is 6.61 Å². The molecule has 0 saturated carbocycles. The molecule has 0 aliphatic carbocycles. The van der Waals surface area contributed by atoms with Crippen molar-refractivity contribution in [3.63, 3.8) is 0 Å². The predicted molar refractivity (Wildman–Crippen MR) is 105 cm³/mol. The molecule has 2 heterocycles. The maximum atomic E-state index is 12.3. The lowest BCUT2D eigenvalue weighted by Gasteiger charge is -2.36. The number of urea groups is 1. The van der Waals surface area contributed by atoms with Crippen LogP contribution in [0.1, 0.15) is 20.3 Å². The van der Waals surface area contributed by atoms with Crippen LogP contribution in [0, 0.1) is 0 Å². The van der Waals surface area contributed by atoms with E-state index in [9.17, 15) is 19.2 Å². The molecule has 4 amide bonds. The Morgan fingerprint density at radius 2 is 1.72 bits per heavy atom. The van der Waals surface area contributed by atoms with Crippen LogP contribution in [0.5, 0.6) is 0 Å². The van der Waals surface area contributed by atoms with Crippen LogP contribution in [0.2, 0.25) is 0 Å². The normalized spacial score (nSPS) is 18.6. The minimum Gasteiger partial charge on any atom is -0.456 e. The average Bonchev–Trinajstić information content (AvgIpc) is 2.92. The molecule has 1 aromatic carbocycles. The molecule has 2 aliphatic heterocycles. The quantitative estimate of drug-likeness (QED) is 0.553. The highest BCUT2D eigenvalue weighted by molar-refractivity contribution is 6.06. The van der Waals surface area contributed by atoms with Gasteiger partial charge in [0.2, 0.25) is 0 Å². The summed E-state index contributed by atoms with van der Waals surface area (Å²) in [6.07, 6.45) is -0.149. The Labute approximate surface area is 169 Å². The van der Waals surface area contributed by atoms with Crippen molar-refractivity contribution in [2.45, 2.75) is 25.8 Å². The van der Waals surface area contributed by atoms with Gasteiger partial charge in [0, 0.05) is 38.4 Å². The van der Waals surface area contributed by atoms with E-state index in [1.165, 1.54) is 0 Å². The minimum atomic E-state index is -0.973. The number of imide groups is 1. The van der Waals surface area contributed by atoms with Gasteiger partial charge in [0.05, 0.1) is 6.42 Å². The molecule has 1 N–H and O–H groups in total. The Kier molecular flexibility index (Phi) is 6.05. The Morgan fingerprint density at radius 1 is 1.07 bits per heavy atom. The van der Waals surface area contributed by atoms with Crippen LogP contribution in [-0.2, 0) is 19.1 Å². The van der Waals surface area contributed by atoms with E-state index in [0.717, 1.165) is 10.6 Å². The summed E-state index contributed by atoms with van der Waals surface area (Å²) in [7, 11) is 0. The van der Waals surface area contributed by atoms with E-state index in [1.54, 1.807) is 18.7 Å². The van der Waals surface area contributed by atoms with Gasteiger partial charge in [-0.25, -0.2) is 4.79 Å². The molecule has 3 rings (SSSR count). The number of para-hydroxylation sites is 1. The second-order valence-electron chi connectivity index (χ2n) is 7.63. The fourth-order valence-corrected chi connectivity index (χ4v) is 3.38. The molecule has 9 heteroatoms. The molecule has 0 spiro atoms. The topological polar surface area (TPSA) is 99.3 Å². The average molecular weight is 402 g/mol. The molecule has 0 atom stereocenters. The lowest BCUT2D eigenvalue weighted by atomic mass is 10.1. The lowest BCUT2D eigenvalue weighted by Crippen LogP contribution is -2.50. The van der Waals surface area contributed by atoms with E-state index in [4.69, 9.17) is 4.74 Å². The number of anilines is 1. The van der Waals surface area contributed by atoms with Gasteiger partial charge in [-0.05, 0) is 26.0 Å². The first-order valence-corrected chi connectivity index (χ1v) is 9.65. The minimum absolute atomic E-state index is 0.0725. The number of rotatable bonds is 6. The third-order valence-corrected chi connectivity index (χ3v) is 5.09. The van der Waals surface area contributed by atoms with Gasteiger partial charge in [-0.3, -0.25) is 19.3 Å². The van der Waals surface area contributed by atoms with Crippen LogP contribution in [-0.4, -0.2) is 78.5 Å². The summed E-state index contributed by atoms with van der Waals surface area (Å²) in [6.45, 7) is 5.33. The van der Waals surface area contributed by atoms with Crippen molar-refractivity contribution < 1.29 is 23.9 Å². The number of nitrogens with one attached hydrogen (secondary N) is 1. The first-order valence-electron chi connectivity index (χ1n) is 9.65. The molecule has 156 valence electrons. The SMILES string of the molecule is CC1(C)NC(=O)N(CCC(=O)OCC(=O)N2CCN(c3ccccc3)CC2)C1=O. The van der Waals surface area contributed by atoms with Crippen LogP contribution >= 0.6 is 0 Å². The van der Waals surface area contributed by atoms with E-state index < -0.39 is 17.5 Å². The monoisotopic (exact) mass is 402 g/mol. The number of amides is 4. The highest BCUT2D eigenvalue weighted by atomic mass is 16.5. The van der Waals surface area contributed by atoms with Gasteiger partial charge in [-0.15, -0.1) is 0 Å². The summed E-state index contributed by atoms with van der Waals surface area (Å²) in [5.74, 6) is -1.25. The first-order chi connectivity index (χ1) is 13.8. The van der Waals surface area contributed by atoms with E-state index in [-0.39, 0.29) is 31.4 Å². The number of carbonyl (C=O) groups is 4. The maximum Gasteiger partial charge on any atom is 0.325 e. The largest absolute Gasteiger partial charge is 0.456 e. The predicted octanol–water partition coefficient (Wildman–Crippen LogP) is 0.599. The number of benzene rings is 1. The number of esters is 1. The van der Waals surface area contributed by atoms with Gasteiger partial charge in [-0.1, -0.05) is 18.2 Å². The van der Waals surface area contributed by atoms with E-state index in [0.29, 0.717) is 26.2 Å². The van der Waals surface area contributed by atoms with Gasteiger partial charge in [0.1, 0.15) is 5.54 Å². The second kappa shape index (κ2) is 8.50. The van der Waals surface area contributed by atoms with Crippen molar-refractivity contribution in [2.24, 2.45) is 0 Å². The summed E-state index contributed by atoms with van der Waals surface area (Å²) in [5.41, 5.74) is 0.147. The molecular weight excluding hydrogens is 376 g/mol. The molecule has 9 nitrogen and oxygen atoms in total.